The van der Waals surface area contributed by atoms with E-state index in [0.717, 1.165) is 12.5 Å². The molecule has 0 N–H and O–H groups in total. The molecule has 0 spiro atoms. The van der Waals surface area contributed by atoms with Crippen LogP contribution < -0.4 is 0 Å². The fraction of sp³-hybridized carbons (Fsp3) is 0.857. The molecule has 0 fully saturated rings. The smallest absolute Gasteiger partial charge is 0.374 e. The molecule has 0 radical (unpaired) electrons. The average molecular weight is 272 g/mol. The Labute approximate surface area is 113 Å². The lowest BCUT2D eigenvalue weighted by Crippen LogP contribution is -2.46. The lowest BCUT2D eigenvalue weighted by atomic mass is 9.94. The van der Waals surface area contributed by atoms with Gasteiger partial charge in [-0.15, -0.1) is 0 Å². The molecule has 1 atom stereocenters. The van der Waals surface area contributed by atoms with Crippen LogP contribution in [0.3, 0.4) is 0 Å². The Bertz CT molecular complexity index is 226. The van der Waals surface area contributed by atoms with Gasteiger partial charge in [0.1, 0.15) is 0 Å². The van der Waals surface area contributed by atoms with Gasteiger partial charge in [0.05, 0.1) is 0 Å². The summed E-state index contributed by atoms with van der Waals surface area (Å²) in [6.45, 7) is 8.06. The Balaban J connectivity index is 2.51. The molecule has 0 amide bonds. The summed E-state index contributed by atoms with van der Waals surface area (Å²) in [5.74, 6) is 0.687. The summed E-state index contributed by atoms with van der Waals surface area (Å²) >= 11 is 0. The number of hydrogen-bond acceptors (Lipinski definition) is 3. The average Bonchev–Trinajstić information content (AvgIpc) is 2.39. The Morgan fingerprint density at radius 3 is 2.11 bits per heavy atom. The molecule has 18 heavy (non-hydrogen) atoms. The van der Waals surface area contributed by atoms with E-state index in [4.69, 9.17) is 13.3 Å². The van der Waals surface area contributed by atoms with Gasteiger partial charge in [-0.05, 0) is 52.4 Å². The van der Waals surface area contributed by atoms with Gasteiger partial charge in [0.2, 0.25) is 0 Å². The van der Waals surface area contributed by atoms with Gasteiger partial charge in [-0.25, -0.2) is 0 Å². The van der Waals surface area contributed by atoms with Crippen molar-refractivity contribution >= 4 is 8.80 Å². The van der Waals surface area contributed by atoms with Crippen molar-refractivity contribution in [1.82, 2.24) is 0 Å². The van der Waals surface area contributed by atoms with Crippen molar-refractivity contribution in [2.45, 2.75) is 52.5 Å². The lowest BCUT2D eigenvalue weighted by Gasteiger charge is -2.29. The number of allylic oxidation sites excluding steroid dienone is 2. The highest BCUT2D eigenvalue weighted by Crippen LogP contribution is 2.27. The third kappa shape index (κ3) is 5.22. The zero-order valence-electron chi connectivity index (χ0n) is 12.1. The van der Waals surface area contributed by atoms with Gasteiger partial charge in [0, 0.05) is 25.9 Å². The second-order valence-corrected chi connectivity index (χ2v) is 7.37. The molecule has 1 rings (SSSR count). The van der Waals surface area contributed by atoms with E-state index in [-0.39, 0.29) is 0 Å². The molecule has 0 aromatic rings. The predicted molar refractivity (Wildman–Crippen MR) is 76.5 cm³/mol. The monoisotopic (exact) mass is 272 g/mol. The van der Waals surface area contributed by atoms with Gasteiger partial charge in [0.15, 0.2) is 0 Å². The van der Waals surface area contributed by atoms with Crippen LogP contribution in [0.25, 0.3) is 0 Å². The minimum atomic E-state index is -2.41. The normalized spacial score (nSPS) is 20.3. The van der Waals surface area contributed by atoms with Crippen LogP contribution in [-0.4, -0.2) is 28.6 Å². The Kier molecular flexibility index (Phi) is 7.82. The summed E-state index contributed by atoms with van der Waals surface area (Å²) in [6.07, 6.45) is 9.63. The van der Waals surface area contributed by atoms with Crippen molar-refractivity contribution in [3.63, 3.8) is 0 Å². The van der Waals surface area contributed by atoms with Crippen LogP contribution in [0.2, 0.25) is 6.04 Å². The molecule has 1 aliphatic rings. The molecule has 1 aliphatic carbocycles. The van der Waals surface area contributed by atoms with Crippen molar-refractivity contribution in [1.29, 1.82) is 0 Å². The molecule has 0 saturated carbocycles. The molecule has 0 saturated heterocycles. The van der Waals surface area contributed by atoms with E-state index in [1.807, 2.05) is 20.8 Å². The molecule has 0 aliphatic heterocycles. The van der Waals surface area contributed by atoms with Crippen LogP contribution >= 0.6 is 0 Å². The summed E-state index contributed by atoms with van der Waals surface area (Å²) in [4.78, 5) is 0. The second-order valence-electron chi connectivity index (χ2n) is 4.64. The van der Waals surface area contributed by atoms with Crippen molar-refractivity contribution < 1.29 is 13.3 Å². The third-order valence-corrected chi connectivity index (χ3v) is 6.35. The maximum absolute atomic E-state index is 5.87. The largest absolute Gasteiger partial charge is 0.500 e. The molecular weight excluding hydrogens is 244 g/mol. The van der Waals surface area contributed by atoms with Crippen molar-refractivity contribution in [2.75, 3.05) is 19.8 Å². The topological polar surface area (TPSA) is 27.7 Å². The Morgan fingerprint density at radius 1 is 1.06 bits per heavy atom. The SMILES string of the molecule is CCO[Si](CCC1C=CCCC1)(OCC)OCC. The molecule has 4 heteroatoms. The van der Waals surface area contributed by atoms with Crippen LogP contribution in [0.4, 0.5) is 0 Å². The first kappa shape index (κ1) is 15.9. The van der Waals surface area contributed by atoms with Crippen LogP contribution in [0.15, 0.2) is 12.2 Å². The number of hydrogen-bond donors (Lipinski definition) is 0. The first-order valence-electron chi connectivity index (χ1n) is 7.34. The summed E-state index contributed by atoms with van der Waals surface area (Å²) in [6, 6.07) is 0.942. The molecule has 0 heterocycles. The van der Waals surface area contributed by atoms with Crippen LogP contribution in [0.1, 0.15) is 46.5 Å². The van der Waals surface area contributed by atoms with E-state index in [1.165, 1.54) is 19.3 Å². The van der Waals surface area contributed by atoms with Gasteiger partial charge >= 0.3 is 8.80 Å². The van der Waals surface area contributed by atoms with Gasteiger partial charge in [0.25, 0.3) is 0 Å². The lowest BCUT2D eigenvalue weighted by molar-refractivity contribution is 0.0699. The molecule has 1 unspecified atom stereocenters. The molecule has 0 aromatic heterocycles. The minimum absolute atomic E-state index is 0.673. The third-order valence-electron chi connectivity index (χ3n) is 3.27. The fourth-order valence-corrected chi connectivity index (χ4v) is 5.21. The van der Waals surface area contributed by atoms with E-state index in [0.29, 0.717) is 25.7 Å². The van der Waals surface area contributed by atoms with E-state index in [2.05, 4.69) is 12.2 Å². The summed E-state index contributed by atoms with van der Waals surface area (Å²) < 4.78 is 17.6. The van der Waals surface area contributed by atoms with Gasteiger partial charge in [-0.3, -0.25) is 0 Å². The van der Waals surface area contributed by atoms with Crippen LogP contribution in [-0.2, 0) is 13.3 Å². The van der Waals surface area contributed by atoms with Crippen LogP contribution in [0, 0.1) is 5.92 Å². The first-order chi connectivity index (χ1) is 8.76. The van der Waals surface area contributed by atoms with Gasteiger partial charge in [-0.2, -0.15) is 0 Å². The zero-order chi connectivity index (χ0) is 13.3. The highest BCUT2D eigenvalue weighted by molar-refractivity contribution is 6.60. The zero-order valence-corrected chi connectivity index (χ0v) is 13.1. The van der Waals surface area contributed by atoms with E-state index < -0.39 is 8.80 Å². The summed E-state index contributed by atoms with van der Waals surface area (Å²) in [7, 11) is -2.41. The standard InChI is InChI=1S/C14H28O3Si/c1-4-15-18(16-5-2,17-6-3)13-12-14-10-8-7-9-11-14/h8,10,14H,4-7,9,11-13H2,1-3H3. The number of rotatable bonds is 9. The summed E-state index contributed by atoms with van der Waals surface area (Å²) in [5.41, 5.74) is 0. The Morgan fingerprint density at radius 2 is 1.67 bits per heavy atom. The first-order valence-corrected chi connectivity index (χ1v) is 9.28. The van der Waals surface area contributed by atoms with Gasteiger partial charge in [-0.1, -0.05) is 12.2 Å². The van der Waals surface area contributed by atoms with Gasteiger partial charge < -0.3 is 13.3 Å². The van der Waals surface area contributed by atoms with E-state index in [9.17, 15) is 0 Å². The van der Waals surface area contributed by atoms with Crippen molar-refractivity contribution in [2.24, 2.45) is 5.92 Å². The molecular formula is C14H28O3Si. The molecule has 0 bridgehead atoms. The minimum Gasteiger partial charge on any atom is -0.374 e. The van der Waals surface area contributed by atoms with Crippen molar-refractivity contribution in [3.8, 4) is 0 Å². The quantitative estimate of drug-likeness (QED) is 0.472. The molecule has 0 aromatic carbocycles. The predicted octanol–water partition coefficient (Wildman–Crippen LogP) is 3.78. The van der Waals surface area contributed by atoms with Crippen LogP contribution in [0.5, 0.6) is 0 Å². The van der Waals surface area contributed by atoms with E-state index >= 15 is 0 Å². The maximum Gasteiger partial charge on any atom is 0.500 e. The van der Waals surface area contributed by atoms with Crippen molar-refractivity contribution in [3.05, 3.63) is 12.2 Å². The maximum atomic E-state index is 5.87. The fourth-order valence-electron chi connectivity index (χ4n) is 2.49. The second kappa shape index (κ2) is 8.86. The highest BCUT2D eigenvalue weighted by Gasteiger charge is 2.40. The van der Waals surface area contributed by atoms with E-state index in [1.54, 1.807) is 0 Å². The summed E-state index contributed by atoms with van der Waals surface area (Å²) in [5, 5.41) is 0. The Hall–Kier alpha value is -0.163. The highest BCUT2D eigenvalue weighted by atomic mass is 28.4. The molecule has 106 valence electrons. The molecule has 3 nitrogen and oxygen atoms in total.